The van der Waals surface area contributed by atoms with Crippen LogP contribution in [0.4, 0.5) is 0 Å². The zero-order valence-corrected chi connectivity index (χ0v) is 16.6. The van der Waals surface area contributed by atoms with Crippen LogP contribution in [0.1, 0.15) is 59.6 Å². The van der Waals surface area contributed by atoms with Gasteiger partial charge in [0.15, 0.2) is 0 Å². The maximum absolute atomic E-state index is 4.85. The topological polar surface area (TPSA) is 17.8 Å². The molecule has 0 fully saturated rings. The number of fused-ring (bicyclic) bond motifs is 1. The van der Waals surface area contributed by atoms with E-state index in [4.69, 9.17) is 4.98 Å². The smallest absolute Gasteiger partial charge is 0.145 e. The summed E-state index contributed by atoms with van der Waals surface area (Å²) in [5.74, 6) is 1.59. The van der Waals surface area contributed by atoms with Crippen LogP contribution in [0.2, 0.25) is 0 Å². The molecule has 0 bridgehead atoms. The minimum absolute atomic E-state index is 0.487. The molecule has 26 heavy (non-hydrogen) atoms. The van der Waals surface area contributed by atoms with Crippen molar-refractivity contribution < 1.29 is 0 Å². The van der Waals surface area contributed by atoms with E-state index in [9.17, 15) is 0 Å². The van der Waals surface area contributed by atoms with Gasteiger partial charge in [0.25, 0.3) is 0 Å². The minimum Gasteiger partial charge on any atom is -0.299 e. The standard InChI is InChI=1S/C24H28N2/c1-15(2)20-10-9-19-7-6-8-21(19)22(20)24-25-11-12-26(24)23-17(4)13-16(3)14-18(23)5/h9-15H,6-8H2,1-5H3. The summed E-state index contributed by atoms with van der Waals surface area (Å²) >= 11 is 0. The molecular formula is C24H28N2. The molecule has 2 heteroatoms. The second kappa shape index (κ2) is 6.42. The number of imidazole rings is 1. The van der Waals surface area contributed by atoms with Crippen molar-refractivity contribution in [3.63, 3.8) is 0 Å². The molecule has 0 amide bonds. The van der Waals surface area contributed by atoms with Gasteiger partial charge in [0.2, 0.25) is 0 Å². The molecular weight excluding hydrogens is 316 g/mol. The average Bonchev–Trinajstić information content (AvgIpc) is 3.21. The molecule has 1 aromatic heterocycles. The van der Waals surface area contributed by atoms with Crippen LogP contribution in [0.25, 0.3) is 17.1 Å². The van der Waals surface area contributed by atoms with E-state index in [0.717, 1.165) is 5.82 Å². The highest BCUT2D eigenvalue weighted by atomic mass is 15.1. The van der Waals surface area contributed by atoms with Gasteiger partial charge in [-0.2, -0.15) is 0 Å². The number of aromatic nitrogens is 2. The first-order chi connectivity index (χ1) is 12.5. The van der Waals surface area contributed by atoms with Crippen LogP contribution >= 0.6 is 0 Å². The summed E-state index contributed by atoms with van der Waals surface area (Å²) in [5.41, 5.74) is 11.0. The molecule has 134 valence electrons. The van der Waals surface area contributed by atoms with Crippen LogP contribution in [0.5, 0.6) is 0 Å². The summed E-state index contributed by atoms with van der Waals surface area (Å²) in [7, 11) is 0. The molecule has 0 spiro atoms. The van der Waals surface area contributed by atoms with Crippen molar-refractivity contribution in [2.45, 2.75) is 59.8 Å². The van der Waals surface area contributed by atoms with Crippen LogP contribution in [0.3, 0.4) is 0 Å². The number of benzene rings is 2. The normalized spacial score (nSPS) is 13.5. The first kappa shape index (κ1) is 17.1. The maximum atomic E-state index is 4.85. The van der Waals surface area contributed by atoms with Gasteiger partial charge in [0, 0.05) is 18.0 Å². The fraction of sp³-hybridized carbons (Fsp3) is 0.375. The molecule has 2 aromatic carbocycles. The van der Waals surface area contributed by atoms with Crippen LogP contribution in [-0.4, -0.2) is 9.55 Å². The molecule has 3 aromatic rings. The Balaban J connectivity index is 1.99. The Hall–Kier alpha value is -2.35. The number of aryl methyl sites for hydroxylation is 4. The van der Waals surface area contributed by atoms with Crippen LogP contribution in [-0.2, 0) is 12.8 Å². The Morgan fingerprint density at radius 2 is 1.73 bits per heavy atom. The number of nitrogens with zero attached hydrogens (tertiary/aromatic N) is 2. The SMILES string of the molecule is Cc1cc(C)c(-n2ccnc2-c2c(C(C)C)ccc3c2CCC3)c(C)c1. The van der Waals surface area contributed by atoms with E-state index in [2.05, 4.69) is 69.6 Å². The van der Waals surface area contributed by atoms with E-state index in [1.807, 2.05) is 6.20 Å². The van der Waals surface area contributed by atoms with Gasteiger partial charge in [-0.25, -0.2) is 4.98 Å². The van der Waals surface area contributed by atoms with Crippen molar-refractivity contribution in [3.8, 4) is 17.1 Å². The van der Waals surface area contributed by atoms with Gasteiger partial charge in [0.05, 0.1) is 5.69 Å². The van der Waals surface area contributed by atoms with Crippen LogP contribution in [0, 0.1) is 20.8 Å². The maximum Gasteiger partial charge on any atom is 0.145 e. The molecule has 0 unspecified atom stereocenters. The fourth-order valence-corrected chi connectivity index (χ4v) is 4.65. The highest BCUT2D eigenvalue weighted by molar-refractivity contribution is 5.71. The summed E-state index contributed by atoms with van der Waals surface area (Å²) in [6.07, 6.45) is 7.70. The lowest BCUT2D eigenvalue weighted by Gasteiger charge is -2.20. The molecule has 4 rings (SSSR count). The quantitative estimate of drug-likeness (QED) is 0.563. The zero-order chi connectivity index (χ0) is 18.4. The Labute approximate surface area is 156 Å². The van der Waals surface area contributed by atoms with Gasteiger partial charge in [-0.1, -0.05) is 43.7 Å². The van der Waals surface area contributed by atoms with Gasteiger partial charge in [-0.05, 0) is 73.8 Å². The van der Waals surface area contributed by atoms with Gasteiger partial charge < -0.3 is 0 Å². The van der Waals surface area contributed by atoms with Gasteiger partial charge in [-0.3, -0.25) is 4.57 Å². The third-order valence-corrected chi connectivity index (χ3v) is 5.68. The monoisotopic (exact) mass is 344 g/mol. The lowest BCUT2D eigenvalue weighted by Crippen LogP contribution is -2.06. The van der Waals surface area contributed by atoms with Gasteiger partial charge in [-0.15, -0.1) is 0 Å². The van der Waals surface area contributed by atoms with E-state index in [1.165, 1.54) is 63.9 Å². The van der Waals surface area contributed by atoms with E-state index in [-0.39, 0.29) is 0 Å². The third kappa shape index (κ3) is 2.68. The molecule has 1 aliphatic rings. The largest absolute Gasteiger partial charge is 0.299 e. The van der Waals surface area contributed by atoms with Crippen molar-refractivity contribution in [2.75, 3.05) is 0 Å². The summed E-state index contributed by atoms with van der Waals surface area (Å²) in [5, 5.41) is 0. The lowest BCUT2D eigenvalue weighted by atomic mass is 9.90. The van der Waals surface area contributed by atoms with Gasteiger partial charge >= 0.3 is 0 Å². The highest BCUT2D eigenvalue weighted by Crippen LogP contribution is 2.39. The Morgan fingerprint density at radius 1 is 1.00 bits per heavy atom. The molecule has 0 saturated heterocycles. The average molecular weight is 345 g/mol. The fourth-order valence-electron chi connectivity index (χ4n) is 4.65. The van der Waals surface area contributed by atoms with Crippen molar-refractivity contribution in [1.82, 2.24) is 9.55 Å². The van der Waals surface area contributed by atoms with Crippen molar-refractivity contribution in [3.05, 3.63) is 70.0 Å². The minimum atomic E-state index is 0.487. The zero-order valence-electron chi connectivity index (χ0n) is 16.6. The predicted molar refractivity (Wildman–Crippen MR) is 109 cm³/mol. The second-order valence-electron chi connectivity index (χ2n) is 8.04. The molecule has 0 radical (unpaired) electrons. The van der Waals surface area contributed by atoms with Crippen molar-refractivity contribution in [1.29, 1.82) is 0 Å². The molecule has 0 saturated carbocycles. The van der Waals surface area contributed by atoms with Crippen molar-refractivity contribution in [2.24, 2.45) is 0 Å². The first-order valence-corrected chi connectivity index (χ1v) is 9.74. The Morgan fingerprint density at radius 3 is 2.42 bits per heavy atom. The summed E-state index contributed by atoms with van der Waals surface area (Å²) < 4.78 is 2.31. The molecule has 0 aliphatic heterocycles. The number of hydrogen-bond donors (Lipinski definition) is 0. The van der Waals surface area contributed by atoms with E-state index < -0.39 is 0 Å². The number of hydrogen-bond acceptors (Lipinski definition) is 1. The molecule has 0 N–H and O–H groups in total. The molecule has 0 atom stereocenters. The predicted octanol–water partition coefficient (Wildman–Crippen LogP) is 6.08. The lowest BCUT2D eigenvalue weighted by molar-refractivity contribution is 0.859. The molecule has 2 nitrogen and oxygen atoms in total. The van der Waals surface area contributed by atoms with Crippen molar-refractivity contribution >= 4 is 0 Å². The molecule has 1 heterocycles. The third-order valence-electron chi connectivity index (χ3n) is 5.68. The Kier molecular flexibility index (Phi) is 4.22. The Bertz CT molecular complexity index is 953. The second-order valence-corrected chi connectivity index (χ2v) is 8.04. The molecule has 1 aliphatic carbocycles. The van der Waals surface area contributed by atoms with E-state index in [0.29, 0.717) is 5.92 Å². The first-order valence-electron chi connectivity index (χ1n) is 9.74. The van der Waals surface area contributed by atoms with Crippen LogP contribution in [0.15, 0.2) is 36.7 Å². The van der Waals surface area contributed by atoms with Gasteiger partial charge in [0.1, 0.15) is 5.82 Å². The number of rotatable bonds is 3. The summed E-state index contributed by atoms with van der Waals surface area (Å²) in [6.45, 7) is 11.2. The van der Waals surface area contributed by atoms with Crippen LogP contribution < -0.4 is 0 Å². The summed E-state index contributed by atoms with van der Waals surface area (Å²) in [6, 6.07) is 9.21. The van der Waals surface area contributed by atoms with E-state index >= 15 is 0 Å². The van der Waals surface area contributed by atoms with E-state index in [1.54, 1.807) is 0 Å². The highest BCUT2D eigenvalue weighted by Gasteiger charge is 2.24. The summed E-state index contributed by atoms with van der Waals surface area (Å²) in [4.78, 5) is 4.85.